The molecule has 0 aliphatic carbocycles. The number of aromatic nitrogens is 2. The molecule has 1 aromatic carbocycles. The molecule has 0 aliphatic heterocycles. The third kappa shape index (κ3) is 4.78. The molecule has 2 rings (SSSR count). The van der Waals surface area contributed by atoms with Gasteiger partial charge in [0.25, 0.3) is 0 Å². The van der Waals surface area contributed by atoms with Crippen LogP contribution in [-0.4, -0.2) is 27.2 Å². The third-order valence-electron chi connectivity index (χ3n) is 2.89. The van der Waals surface area contributed by atoms with Gasteiger partial charge in [-0.05, 0) is 52.0 Å². The maximum atomic E-state index is 11.9. The number of nitro groups is 1. The molecule has 23 heavy (non-hydrogen) atoms. The summed E-state index contributed by atoms with van der Waals surface area (Å²) < 4.78 is 6.97. The van der Waals surface area contributed by atoms with Gasteiger partial charge in [-0.2, -0.15) is 4.68 Å². The molecule has 0 fully saturated rings. The first-order valence-corrected chi connectivity index (χ1v) is 7.69. The van der Waals surface area contributed by atoms with Crippen molar-refractivity contribution in [3.63, 3.8) is 0 Å². The lowest BCUT2D eigenvalue weighted by Gasteiger charge is -2.06. The van der Waals surface area contributed by atoms with Crippen LogP contribution in [0.4, 0.5) is 11.5 Å². The summed E-state index contributed by atoms with van der Waals surface area (Å²) in [6.45, 7) is 2.72. The second kappa shape index (κ2) is 7.73. The average molecular weight is 383 g/mol. The van der Waals surface area contributed by atoms with Gasteiger partial charge in [-0.1, -0.05) is 0 Å². The van der Waals surface area contributed by atoms with Crippen LogP contribution in [0.5, 0.6) is 5.75 Å². The number of amides is 1. The van der Waals surface area contributed by atoms with Crippen LogP contribution in [0.25, 0.3) is 0 Å². The molecule has 0 saturated heterocycles. The number of hydrogen-bond acceptors (Lipinski definition) is 5. The highest BCUT2D eigenvalue weighted by molar-refractivity contribution is 9.10. The van der Waals surface area contributed by atoms with Crippen molar-refractivity contribution in [1.29, 1.82) is 0 Å². The Morgan fingerprint density at radius 3 is 2.70 bits per heavy atom. The second-order valence-corrected chi connectivity index (χ2v) is 5.43. The molecule has 0 unspecified atom stereocenters. The highest BCUT2D eigenvalue weighted by Gasteiger charge is 2.18. The van der Waals surface area contributed by atoms with Gasteiger partial charge in [0.2, 0.25) is 5.91 Å². The topological polar surface area (TPSA) is 99.3 Å². The van der Waals surface area contributed by atoms with E-state index in [4.69, 9.17) is 4.74 Å². The Kier molecular flexibility index (Phi) is 5.69. The van der Waals surface area contributed by atoms with Gasteiger partial charge in [0, 0.05) is 12.1 Å². The summed E-state index contributed by atoms with van der Waals surface area (Å²) in [4.78, 5) is 22.0. The van der Waals surface area contributed by atoms with Crippen molar-refractivity contribution in [3.8, 4) is 5.75 Å². The molecule has 1 heterocycles. The van der Waals surface area contributed by atoms with Crippen molar-refractivity contribution in [2.75, 3.05) is 11.9 Å². The Morgan fingerprint density at radius 2 is 2.13 bits per heavy atom. The molecule has 0 spiro atoms. The first-order chi connectivity index (χ1) is 11.0. The minimum atomic E-state index is -0.583. The Hall–Kier alpha value is -2.42. The van der Waals surface area contributed by atoms with Crippen molar-refractivity contribution in [2.24, 2.45) is 0 Å². The number of benzene rings is 1. The van der Waals surface area contributed by atoms with Gasteiger partial charge >= 0.3 is 5.82 Å². The number of nitrogens with one attached hydrogen (secondary N) is 1. The minimum Gasteiger partial charge on any atom is -0.494 e. The van der Waals surface area contributed by atoms with E-state index >= 15 is 0 Å². The molecular formula is C14H15BrN4O4. The molecule has 0 aliphatic rings. The highest BCUT2D eigenvalue weighted by atomic mass is 79.9. The normalized spacial score (nSPS) is 10.3. The number of anilines is 1. The largest absolute Gasteiger partial charge is 0.494 e. The maximum absolute atomic E-state index is 11.9. The SMILES string of the molecule is CCOc1ccc(NC(=O)CCn2cc(Br)c([N+](=O)[O-])n2)cc1. The van der Waals surface area contributed by atoms with Gasteiger partial charge in [-0.15, -0.1) is 0 Å². The van der Waals surface area contributed by atoms with E-state index in [0.717, 1.165) is 5.75 Å². The summed E-state index contributed by atoms with van der Waals surface area (Å²) in [6, 6.07) is 7.04. The lowest BCUT2D eigenvalue weighted by molar-refractivity contribution is -0.390. The van der Waals surface area contributed by atoms with Crippen molar-refractivity contribution in [1.82, 2.24) is 9.78 Å². The Bertz CT molecular complexity index is 699. The number of nitrogens with zero attached hydrogens (tertiary/aromatic N) is 3. The number of halogens is 1. The zero-order valence-electron chi connectivity index (χ0n) is 12.4. The number of hydrogen-bond donors (Lipinski definition) is 1. The van der Waals surface area contributed by atoms with Crippen molar-refractivity contribution in [3.05, 3.63) is 45.0 Å². The van der Waals surface area contributed by atoms with Crippen LogP contribution in [-0.2, 0) is 11.3 Å². The van der Waals surface area contributed by atoms with E-state index in [9.17, 15) is 14.9 Å². The zero-order valence-corrected chi connectivity index (χ0v) is 13.9. The fraction of sp³-hybridized carbons (Fsp3) is 0.286. The number of rotatable bonds is 7. The Balaban J connectivity index is 1.87. The predicted molar refractivity (Wildman–Crippen MR) is 87.4 cm³/mol. The highest BCUT2D eigenvalue weighted by Crippen LogP contribution is 2.22. The van der Waals surface area contributed by atoms with Crippen molar-refractivity contribution in [2.45, 2.75) is 19.9 Å². The van der Waals surface area contributed by atoms with Crippen molar-refractivity contribution >= 4 is 33.3 Å². The van der Waals surface area contributed by atoms with Gasteiger partial charge in [-0.25, -0.2) is 0 Å². The Morgan fingerprint density at radius 1 is 1.43 bits per heavy atom. The first-order valence-electron chi connectivity index (χ1n) is 6.89. The van der Waals surface area contributed by atoms with E-state index in [1.807, 2.05) is 6.92 Å². The van der Waals surface area contributed by atoms with Crippen LogP contribution in [0.1, 0.15) is 13.3 Å². The molecule has 0 bridgehead atoms. The summed E-state index contributed by atoms with van der Waals surface area (Å²) in [7, 11) is 0. The summed E-state index contributed by atoms with van der Waals surface area (Å²) in [5.74, 6) is 0.263. The molecule has 0 saturated carbocycles. The fourth-order valence-corrected chi connectivity index (χ4v) is 2.33. The lowest BCUT2D eigenvalue weighted by atomic mass is 10.3. The van der Waals surface area contributed by atoms with Gasteiger partial charge in [0.15, 0.2) is 0 Å². The monoisotopic (exact) mass is 382 g/mol. The maximum Gasteiger partial charge on any atom is 0.404 e. The van der Waals surface area contributed by atoms with Crippen LogP contribution >= 0.6 is 15.9 Å². The standard InChI is InChI=1S/C14H15BrN4O4/c1-2-23-11-5-3-10(4-6-11)16-13(20)7-8-18-9-12(15)14(17-18)19(21)22/h3-6,9H,2,7-8H2,1H3,(H,16,20). The summed E-state index contributed by atoms with van der Waals surface area (Å²) in [5.41, 5.74) is 0.658. The molecule has 2 aromatic rings. The van der Waals surface area contributed by atoms with Crippen LogP contribution < -0.4 is 10.1 Å². The molecule has 0 radical (unpaired) electrons. The number of carbonyl (C=O) groups excluding carboxylic acids is 1. The molecule has 1 N–H and O–H groups in total. The van der Waals surface area contributed by atoms with Crippen LogP contribution in [0, 0.1) is 10.1 Å². The van der Waals surface area contributed by atoms with E-state index in [0.29, 0.717) is 12.3 Å². The average Bonchev–Trinajstić information content (AvgIpc) is 2.89. The van der Waals surface area contributed by atoms with E-state index in [2.05, 4.69) is 26.3 Å². The lowest BCUT2D eigenvalue weighted by Crippen LogP contribution is -2.14. The summed E-state index contributed by atoms with van der Waals surface area (Å²) in [6.07, 6.45) is 1.63. The first kappa shape index (κ1) is 16.9. The van der Waals surface area contributed by atoms with Gasteiger partial charge in [-0.3, -0.25) is 4.79 Å². The van der Waals surface area contributed by atoms with Gasteiger partial charge in [0.05, 0.1) is 24.4 Å². The van der Waals surface area contributed by atoms with Crippen LogP contribution in [0.2, 0.25) is 0 Å². The van der Waals surface area contributed by atoms with Gasteiger partial charge in [0.1, 0.15) is 10.2 Å². The van der Waals surface area contributed by atoms with E-state index in [1.54, 1.807) is 24.3 Å². The van der Waals surface area contributed by atoms with Gasteiger partial charge < -0.3 is 20.2 Å². The minimum absolute atomic E-state index is 0.151. The number of ether oxygens (including phenoxy) is 1. The third-order valence-corrected chi connectivity index (χ3v) is 3.45. The smallest absolute Gasteiger partial charge is 0.404 e. The number of aryl methyl sites for hydroxylation is 1. The van der Waals surface area contributed by atoms with E-state index in [-0.39, 0.29) is 29.2 Å². The number of carbonyl (C=O) groups is 1. The molecule has 122 valence electrons. The molecule has 1 amide bonds. The molecule has 8 nitrogen and oxygen atoms in total. The summed E-state index contributed by atoms with van der Waals surface area (Å²) in [5, 5.41) is 17.2. The zero-order chi connectivity index (χ0) is 16.8. The Labute approximate surface area is 140 Å². The van der Waals surface area contributed by atoms with Crippen LogP contribution in [0.15, 0.2) is 34.9 Å². The second-order valence-electron chi connectivity index (χ2n) is 4.58. The van der Waals surface area contributed by atoms with Crippen molar-refractivity contribution < 1.29 is 14.5 Å². The quantitative estimate of drug-likeness (QED) is 0.585. The fourth-order valence-electron chi connectivity index (χ4n) is 1.87. The molecule has 9 heteroatoms. The molecule has 0 atom stereocenters. The predicted octanol–water partition coefficient (Wildman–Crippen LogP) is 2.98. The van der Waals surface area contributed by atoms with Crippen LogP contribution in [0.3, 0.4) is 0 Å². The molecular weight excluding hydrogens is 368 g/mol. The molecule has 1 aromatic heterocycles. The van der Waals surface area contributed by atoms with E-state index in [1.165, 1.54) is 10.9 Å². The van der Waals surface area contributed by atoms with E-state index < -0.39 is 4.92 Å². The summed E-state index contributed by atoms with van der Waals surface area (Å²) >= 11 is 3.06.